The fourth-order valence-electron chi connectivity index (χ4n) is 4.49. The topological polar surface area (TPSA) is 30.0 Å². The minimum Gasteiger partial charge on any atom is -0.396 e. The van der Waals surface area contributed by atoms with Gasteiger partial charge in [0, 0.05) is 60.7 Å². The zero-order valence-electron chi connectivity index (χ0n) is 16.2. The number of aryl methyl sites for hydroxylation is 1. The Labute approximate surface area is 157 Å². The van der Waals surface area contributed by atoms with E-state index in [1.54, 1.807) is 0 Å². The van der Waals surface area contributed by atoms with Gasteiger partial charge in [0.25, 0.3) is 0 Å². The van der Waals surface area contributed by atoms with Gasteiger partial charge in [0.2, 0.25) is 0 Å². The van der Waals surface area contributed by atoms with Crippen LogP contribution < -0.4 is 0 Å². The highest BCUT2D eigenvalue weighted by Crippen LogP contribution is 2.26. The average Bonchev–Trinajstić information content (AvgIpc) is 3.00. The van der Waals surface area contributed by atoms with Crippen LogP contribution in [-0.4, -0.2) is 77.3 Å². The third-order valence-electron chi connectivity index (χ3n) is 5.95. The summed E-state index contributed by atoms with van der Waals surface area (Å²) in [7, 11) is 0. The quantitative estimate of drug-likeness (QED) is 0.840. The van der Waals surface area contributed by atoms with Crippen LogP contribution >= 0.6 is 11.3 Å². The predicted octanol–water partition coefficient (Wildman–Crippen LogP) is 2.80. The summed E-state index contributed by atoms with van der Waals surface area (Å²) in [6, 6.07) is 6.38. The number of nitrogens with zero attached hydrogens (tertiary/aromatic N) is 3. The van der Waals surface area contributed by atoms with Crippen LogP contribution in [0.3, 0.4) is 0 Å². The van der Waals surface area contributed by atoms with Gasteiger partial charge in [-0.2, -0.15) is 0 Å². The van der Waals surface area contributed by atoms with Crippen LogP contribution in [0.5, 0.6) is 0 Å². The lowest BCUT2D eigenvalue weighted by Crippen LogP contribution is -2.58. The third kappa shape index (κ3) is 5.04. The molecule has 0 aromatic carbocycles. The summed E-state index contributed by atoms with van der Waals surface area (Å²) in [5, 5.41) is 9.58. The summed E-state index contributed by atoms with van der Waals surface area (Å²) < 4.78 is 0. The molecule has 0 aliphatic carbocycles. The molecule has 25 heavy (non-hydrogen) atoms. The van der Waals surface area contributed by atoms with Gasteiger partial charge in [-0.15, -0.1) is 11.3 Å². The van der Waals surface area contributed by atoms with Crippen LogP contribution in [0.1, 0.15) is 42.9 Å². The minimum atomic E-state index is 0.304. The van der Waals surface area contributed by atoms with Crippen molar-refractivity contribution in [2.75, 3.05) is 39.3 Å². The predicted molar refractivity (Wildman–Crippen MR) is 106 cm³/mol. The molecule has 0 amide bonds. The molecular weight excluding hydrogens is 330 g/mol. The number of piperidine rings is 1. The average molecular weight is 366 g/mol. The number of hydrogen-bond donors (Lipinski definition) is 1. The van der Waals surface area contributed by atoms with E-state index in [0.717, 1.165) is 32.6 Å². The van der Waals surface area contributed by atoms with Crippen molar-refractivity contribution in [2.45, 2.75) is 64.7 Å². The molecule has 1 unspecified atom stereocenters. The van der Waals surface area contributed by atoms with Gasteiger partial charge in [-0.05, 0) is 65.3 Å². The third-order valence-corrected chi connectivity index (χ3v) is 6.93. The number of piperazine rings is 1. The number of aliphatic hydroxyl groups is 1. The molecule has 0 spiro atoms. The molecule has 3 heterocycles. The van der Waals surface area contributed by atoms with Gasteiger partial charge in [0.15, 0.2) is 0 Å². The van der Waals surface area contributed by atoms with E-state index in [2.05, 4.69) is 47.6 Å². The maximum Gasteiger partial charge on any atom is 0.0446 e. The Morgan fingerprint density at radius 3 is 2.52 bits per heavy atom. The van der Waals surface area contributed by atoms with E-state index < -0.39 is 0 Å². The molecule has 0 radical (unpaired) electrons. The second-order valence-corrected chi connectivity index (χ2v) is 9.38. The van der Waals surface area contributed by atoms with Crippen LogP contribution in [0.2, 0.25) is 0 Å². The van der Waals surface area contributed by atoms with Gasteiger partial charge in [-0.25, -0.2) is 0 Å². The van der Waals surface area contributed by atoms with Crippen molar-refractivity contribution < 1.29 is 5.11 Å². The standard InChI is InChI=1S/C20H35N3OS/c1-16(2)22-9-6-18(7-10-22)23-12-11-21(14-19(23)8-13-24)15-20-5-4-17(3)25-20/h4-5,16,18-19,24H,6-15H2,1-3H3. The van der Waals surface area contributed by atoms with Crippen molar-refractivity contribution in [1.29, 1.82) is 0 Å². The summed E-state index contributed by atoms with van der Waals surface area (Å²) in [5.41, 5.74) is 0. The molecule has 142 valence electrons. The van der Waals surface area contributed by atoms with Crippen molar-refractivity contribution in [1.82, 2.24) is 14.7 Å². The lowest BCUT2D eigenvalue weighted by Gasteiger charge is -2.48. The first kappa shape index (κ1) is 19.3. The van der Waals surface area contributed by atoms with Crippen LogP contribution in [0, 0.1) is 6.92 Å². The summed E-state index contributed by atoms with van der Waals surface area (Å²) in [5.74, 6) is 0. The monoisotopic (exact) mass is 365 g/mol. The Kier molecular flexibility index (Phi) is 6.92. The molecule has 0 saturated carbocycles. The van der Waals surface area contributed by atoms with E-state index in [9.17, 15) is 5.11 Å². The summed E-state index contributed by atoms with van der Waals surface area (Å²) >= 11 is 1.92. The van der Waals surface area contributed by atoms with Crippen LogP contribution in [-0.2, 0) is 6.54 Å². The molecule has 1 N–H and O–H groups in total. The lowest BCUT2D eigenvalue weighted by atomic mass is 9.97. The second kappa shape index (κ2) is 8.96. The maximum absolute atomic E-state index is 9.58. The fourth-order valence-corrected chi connectivity index (χ4v) is 5.42. The van der Waals surface area contributed by atoms with E-state index in [4.69, 9.17) is 0 Å². The minimum absolute atomic E-state index is 0.304. The molecular formula is C20H35N3OS. The van der Waals surface area contributed by atoms with Gasteiger partial charge < -0.3 is 10.0 Å². The van der Waals surface area contributed by atoms with Crippen molar-refractivity contribution in [3.8, 4) is 0 Å². The van der Waals surface area contributed by atoms with Gasteiger partial charge in [0.1, 0.15) is 0 Å². The Balaban J connectivity index is 1.56. The van der Waals surface area contributed by atoms with E-state index >= 15 is 0 Å². The molecule has 4 nitrogen and oxygen atoms in total. The van der Waals surface area contributed by atoms with Crippen molar-refractivity contribution in [3.05, 3.63) is 21.9 Å². The van der Waals surface area contributed by atoms with E-state index in [-0.39, 0.29) is 0 Å². The number of rotatable bonds is 6. The van der Waals surface area contributed by atoms with Gasteiger partial charge in [0.05, 0.1) is 0 Å². The largest absolute Gasteiger partial charge is 0.396 e. The lowest BCUT2D eigenvalue weighted by molar-refractivity contribution is 0.000232. The first-order valence-electron chi connectivity index (χ1n) is 9.95. The number of hydrogen-bond acceptors (Lipinski definition) is 5. The summed E-state index contributed by atoms with van der Waals surface area (Å²) in [6.45, 7) is 14.0. The molecule has 2 saturated heterocycles. The Morgan fingerprint density at radius 2 is 1.92 bits per heavy atom. The fraction of sp³-hybridized carbons (Fsp3) is 0.800. The normalized spacial score (nSPS) is 25.1. The van der Waals surface area contributed by atoms with Gasteiger partial charge in [-0.3, -0.25) is 9.80 Å². The molecule has 2 fully saturated rings. The van der Waals surface area contributed by atoms with Crippen molar-refractivity contribution in [3.63, 3.8) is 0 Å². The molecule has 0 bridgehead atoms. The SMILES string of the molecule is Cc1ccc(CN2CCN(C3CCN(C(C)C)CC3)C(CCO)C2)s1. The van der Waals surface area contributed by atoms with Crippen molar-refractivity contribution in [2.24, 2.45) is 0 Å². The maximum atomic E-state index is 9.58. The van der Waals surface area contributed by atoms with E-state index in [1.165, 1.54) is 35.7 Å². The number of likely N-dealkylation sites (tertiary alicyclic amines) is 1. The highest BCUT2D eigenvalue weighted by atomic mass is 32.1. The van der Waals surface area contributed by atoms with Gasteiger partial charge in [-0.1, -0.05) is 0 Å². The second-order valence-electron chi connectivity index (χ2n) is 8.01. The number of thiophene rings is 1. The molecule has 2 aliphatic heterocycles. The smallest absolute Gasteiger partial charge is 0.0446 e. The zero-order valence-corrected chi connectivity index (χ0v) is 17.0. The van der Waals surface area contributed by atoms with E-state index in [0.29, 0.717) is 24.7 Å². The molecule has 2 aliphatic rings. The molecule has 3 rings (SSSR count). The Morgan fingerprint density at radius 1 is 1.16 bits per heavy atom. The highest BCUT2D eigenvalue weighted by molar-refractivity contribution is 7.11. The van der Waals surface area contributed by atoms with E-state index in [1.807, 2.05) is 11.3 Å². The van der Waals surface area contributed by atoms with Crippen molar-refractivity contribution >= 4 is 11.3 Å². The Bertz CT molecular complexity index is 525. The summed E-state index contributed by atoms with van der Waals surface area (Å²) in [4.78, 5) is 10.8. The van der Waals surface area contributed by atoms with Crippen LogP contribution in [0.15, 0.2) is 12.1 Å². The molecule has 1 aromatic rings. The Hall–Kier alpha value is -0.460. The molecule has 1 atom stereocenters. The summed E-state index contributed by atoms with van der Waals surface area (Å²) in [6.07, 6.45) is 3.47. The number of aliphatic hydroxyl groups excluding tert-OH is 1. The first-order valence-corrected chi connectivity index (χ1v) is 10.8. The van der Waals surface area contributed by atoms with Crippen LogP contribution in [0.4, 0.5) is 0 Å². The van der Waals surface area contributed by atoms with Gasteiger partial charge >= 0.3 is 0 Å². The zero-order chi connectivity index (χ0) is 17.8. The highest BCUT2D eigenvalue weighted by Gasteiger charge is 2.33. The molecule has 5 heteroatoms. The van der Waals surface area contributed by atoms with Crippen LogP contribution in [0.25, 0.3) is 0 Å². The molecule has 1 aromatic heterocycles. The first-order chi connectivity index (χ1) is 12.1.